The Labute approximate surface area is 191 Å². The maximum Gasteiger partial charge on any atom is 0.191 e. The van der Waals surface area contributed by atoms with Gasteiger partial charge in [-0.05, 0) is 62.6 Å². The molecule has 2 aromatic rings. The molecule has 0 aliphatic carbocycles. The summed E-state index contributed by atoms with van der Waals surface area (Å²) in [7, 11) is 1.65. The van der Waals surface area contributed by atoms with Gasteiger partial charge in [-0.15, -0.1) is 0 Å². The van der Waals surface area contributed by atoms with Crippen molar-refractivity contribution in [2.75, 3.05) is 33.4 Å². The molecule has 0 fully saturated rings. The van der Waals surface area contributed by atoms with Gasteiger partial charge in [-0.25, -0.2) is 4.99 Å². The number of aliphatic hydroxyl groups is 1. The van der Waals surface area contributed by atoms with E-state index in [1.807, 2.05) is 69.3 Å². The molecule has 0 heterocycles. The van der Waals surface area contributed by atoms with E-state index in [2.05, 4.69) is 15.6 Å². The monoisotopic (exact) mass is 443 g/mol. The largest absolute Gasteiger partial charge is 0.497 e. The Bertz CT molecular complexity index is 792. The normalized spacial score (nSPS) is 12.5. The molecule has 0 aromatic heterocycles. The molecule has 0 saturated heterocycles. The first-order chi connectivity index (χ1) is 15.5. The smallest absolute Gasteiger partial charge is 0.191 e. The van der Waals surface area contributed by atoms with Crippen molar-refractivity contribution >= 4 is 5.96 Å². The van der Waals surface area contributed by atoms with Gasteiger partial charge in [-0.3, -0.25) is 0 Å². The number of aliphatic imine (C=N–C) groups is 1. The van der Waals surface area contributed by atoms with Crippen LogP contribution in [0.3, 0.4) is 0 Å². The molecule has 0 bridgehead atoms. The van der Waals surface area contributed by atoms with E-state index in [1.54, 1.807) is 7.11 Å². The first-order valence-electron chi connectivity index (χ1n) is 11.2. The Balaban J connectivity index is 1.94. The zero-order valence-electron chi connectivity index (χ0n) is 19.6. The number of rotatable bonds is 13. The summed E-state index contributed by atoms with van der Waals surface area (Å²) >= 11 is 0. The maximum atomic E-state index is 10.6. The van der Waals surface area contributed by atoms with E-state index in [9.17, 15) is 5.11 Å². The molecule has 0 amide bonds. The topological polar surface area (TPSA) is 84.3 Å². The molecule has 0 saturated carbocycles. The van der Waals surface area contributed by atoms with Gasteiger partial charge >= 0.3 is 0 Å². The molecule has 7 nitrogen and oxygen atoms in total. The van der Waals surface area contributed by atoms with Gasteiger partial charge in [0.15, 0.2) is 5.96 Å². The van der Waals surface area contributed by atoms with Gasteiger partial charge in [0.05, 0.1) is 25.9 Å². The number of benzene rings is 2. The predicted molar refractivity (Wildman–Crippen MR) is 128 cm³/mol. The zero-order valence-corrected chi connectivity index (χ0v) is 19.6. The fourth-order valence-electron chi connectivity index (χ4n) is 2.95. The molecule has 0 aliphatic heterocycles. The van der Waals surface area contributed by atoms with Crippen molar-refractivity contribution in [1.82, 2.24) is 10.6 Å². The fraction of sp³-hybridized carbons (Fsp3) is 0.480. The number of nitrogens with zero attached hydrogens (tertiary/aromatic N) is 1. The number of aliphatic hydroxyl groups excluding tert-OH is 1. The Kier molecular flexibility index (Phi) is 11.4. The van der Waals surface area contributed by atoms with Crippen molar-refractivity contribution in [3.8, 4) is 11.5 Å². The van der Waals surface area contributed by atoms with E-state index in [4.69, 9.17) is 14.2 Å². The van der Waals surface area contributed by atoms with Crippen molar-refractivity contribution in [1.29, 1.82) is 0 Å². The van der Waals surface area contributed by atoms with Crippen LogP contribution in [0.2, 0.25) is 0 Å². The minimum Gasteiger partial charge on any atom is -0.497 e. The van der Waals surface area contributed by atoms with Crippen LogP contribution in [0.25, 0.3) is 0 Å². The van der Waals surface area contributed by atoms with Crippen LogP contribution in [0.15, 0.2) is 53.5 Å². The minimum absolute atomic E-state index is 0.116. The summed E-state index contributed by atoms with van der Waals surface area (Å²) in [6.45, 7) is 8.95. The standard InChI is InChI=1S/C25H37N3O4/c1-5-31-16-6-15-26-25(27-17-20-7-11-22(30-4)12-8-20)28-18-24(29)21-9-13-23(14-10-21)32-19(2)3/h7-14,19,24,29H,5-6,15-18H2,1-4H3,(H2,26,27,28). The Hall–Kier alpha value is -2.77. The molecule has 2 rings (SSSR count). The molecule has 3 N–H and O–H groups in total. The van der Waals surface area contributed by atoms with E-state index in [0.29, 0.717) is 32.3 Å². The van der Waals surface area contributed by atoms with Crippen LogP contribution in [0, 0.1) is 0 Å². The second-order valence-corrected chi connectivity index (χ2v) is 7.62. The molecular formula is C25H37N3O4. The van der Waals surface area contributed by atoms with Gasteiger partial charge in [0.2, 0.25) is 0 Å². The number of nitrogens with one attached hydrogen (secondary N) is 2. The van der Waals surface area contributed by atoms with Gasteiger partial charge in [0.1, 0.15) is 11.5 Å². The molecule has 1 atom stereocenters. The molecule has 2 aromatic carbocycles. The quantitative estimate of drug-likeness (QED) is 0.249. The Morgan fingerprint density at radius 3 is 2.31 bits per heavy atom. The Morgan fingerprint density at radius 1 is 1.00 bits per heavy atom. The molecule has 32 heavy (non-hydrogen) atoms. The number of ether oxygens (including phenoxy) is 3. The van der Waals surface area contributed by atoms with Crippen LogP contribution < -0.4 is 20.1 Å². The number of hydrogen-bond donors (Lipinski definition) is 3. The predicted octanol–water partition coefficient (Wildman–Crippen LogP) is 3.68. The van der Waals surface area contributed by atoms with E-state index >= 15 is 0 Å². The third-order valence-corrected chi connectivity index (χ3v) is 4.64. The van der Waals surface area contributed by atoms with Crippen molar-refractivity contribution in [2.24, 2.45) is 4.99 Å². The van der Waals surface area contributed by atoms with Gasteiger partial charge in [0.25, 0.3) is 0 Å². The lowest BCUT2D eigenvalue weighted by atomic mass is 10.1. The summed E-state index contributed by atoms with van der Waals surface area (Å²) in [5, 5.41) is 17.2. The van der Waals surface area contributed by atoms with E-state index in [1.165, 1.54) is 0 Å². The van der Waals surface area contributed by atoms with E-state index in [0.717, 1.165) is 35.6 Å². The highest BCUT2D eigenvalue weighted by Crippen LogP contribution is 2.18. The second kappa shape index (κ2) is 14.3. The Morgan fingerprint density at radius 2 is 1.69 bits per heavy atom. The average Bonchev–Trinajstić information content (AvgIpc) is 2.80. The van der Waals surface area contributed by atoms with Crippen molar-refractivity contribution in [3.63, 3.8) is 0 Å². The highest BCUT2D eigenvalue weighted by molar-refractivity contribution is 5.79. The van der Waals surface area contributed by atoms with Gasteiger partial charge in [0, 0.05) is 26.3 Å². The summed E-state index contributed by atoms with van der Waals surface area (Å²) in [6.07, 6.45) is 0.321. The van der Waals surface area contributed by atoms with Crippen LogP contribution in [-0.2, 0) is 11.3 Å². The van der Waals surface area contributed by atoms with E-state index in [-0.39, 0.29) is 6.10 Å². The van der Waals surface area contributed by atoms with Crippen LogP contribution in [0.4, 0.5) is 0 Å². The van der Waals surface area contributed by atoms with Gasteiger partial charge in [-0.2, -0.15) is 0 Å². The van der Waals surface area contributed by atoms with Crippen LogP contribution in [-0.4, -0.2) is 50.6 Å². The lowest BCUT2D eigenvalue weighted by Crippen LogP contribution is -2.40. The average molecular weight is 444 g/mol. The molecule has 0 spiro atoms. The maximum absolute atomic E-state index is 10.6. The summed E-state index contributed by atoms with van der Waals surface area (Å²) in [5.74, 6) is 2.26. The first kappa shape index (κ1) is 25.5. The minimum atomic E-state index is -0.667. The van der Waals surface area contributed by atoms with Crippen molar-refractivity contribution in [3.05, 3.63) is 59.7 Å². The van der Waals surface area contributed by atoms with Gasteiger partial charge < -0.3 is 30.0 Å². The SMILES string of the molecule is CCOCCCNC(=NCc1ccc(OC)cc1)NCC(O)c1ccc(OC(C)C)cc1. The molecule has 7 heteroatoms. The van der Waals surface area contributed by atoms with Crippen LogP contribution in [0.5, 0.6) is 11.5 Å². The number of hydrogen-bond acceptors (Lipinski definition) is 5. The molecular weight excluding hydrogens is 406 g/mol. The molecule has 176 valence electrons. The summed E-state index contributed by atoms with van der Waals surface area (Å²) in [6, 6.07) is 15.3. The van der Waals surface area contributed by atoms with Crippen molar-refractivity contribution in [2.45, 2.75) is 45.9 Å². The van der Waals surface area contributed by atoms with Crippen molar-refractivity contribution < 1.29 is 19.3 Å². The third kappa shape index (κ3) is 9.58. The first-order valence-corrected chi connectivity index (χ1v) is 11.2. The highest BCUT2D eigenvalue weighted by atomic mass is 16.5. The number of methoxy groups -OCH3 is 1. The van der Waals surface area contributed by atoms with Crippen LogP contribution in [0.1, 0.15) is 44.4 Å². The van der Waals surface area contributed by atoms with Gasteiger partial charge in [-0.1, -0.05) is 24.3 Å². The lowest BCUT2D eigenvalue weighted by Gasteiger charge is -2.17. The zero-order chi connectivity index (χ0) is 23.2. The molecule has 1 unspecified atom stereocenters. The highest BCUT2D eigenvalue weighted by Gasteiger charge is 2.09. The third-order valence-electron chi connectivity index (χ3n) is 4.64. The molecule has 0 radical (unpaired) electrons. The van der Waals surface area contributed by atoms with Crippen LogP contribution >= 0.6 is 0 Å². The molecule has 0 aliphatic rings. The lowest BCUT2D eigenvalue weighted by molar-refractivity contribution is 0.145. The second-order valence-electron chi connectivity index (χ2n) is 7.62. The summed E-state index contributed by atoms with van der Waals surface area (Å²) < 4.78 is 16.3. The summed E-state index contributed by atoms with van der Waals surface area (Å²) in [5.41, 5.74) is 1.89. The van der Waals surface area contributed by atoms with E-state index < -0.39 is 6.10 Å². The number of guanidine groups is 1. The summed E-state index contributed by atoms with van der Waals surface area (Å²) in [4.78, 5) is 4.66. The fourth-order valence-corrected chi connectivity index (χ4v) is 2.95.